The van der Waals surface area contributed by atoms with Gasteiger partial charge in [0.1, 0.15) is 17.4 Å². The number of carbonyl (C=O) groups excluding carboxylic acids is 1. The molecular weight excluding hydrogens is 304 g/mol. The zero-order chi connectivity index (χ0) is 16.8. The predicted molar refractivity (Wildman–Crippen MR) is 88.8 cm³/mol. The van der Waals surface area contributed by atoms with Crippen LogP contribution in [-0.4, -0.2) is 22.3 Å². The number of benzene rings is 2. The maximum Gasteiger partial charge on any atom is 0.263 e. The minimum Gasteiger partial charge on any atom is -0.484 e. The van der Waals surface area contributed by atoms with Crippen LogP contribution in [0.4, 0.5) is 5.82 Å². The number of nitrogens with zero attached hydrogens (tertiary/aromatic N) is 3. The molecule has 0 spiro atoms. The van der Waals surface area contributed by atoms with Crippen LogP contribution in [0.3, 0.4) is 0 Å². The molecule has 0 saturated heterocycles. The van der Waals surface area contributed by atoms with Crippen molar-refractivity contribution in [3.05, 3.63) is 72.4 Å². The lowest BCUT2D eigenvalue weighted by Crippen LogP contribution is -2.22. The van der Waals surface area contributed by atoms with Gasteiger partial charge in [0.2, 0.25) is 0 Å². The summed E-state index contributed by atoms with van der Waals surface area (Å²) in [6.45, 7) is -0.158. The van der Waals surface area contributed by atoms with Crippen LogP contribution in [0.5, 0.6) is 5.75 Å². The molecule has 0 radical (unpaired) electrons. The number of hydrogen-bond donors (Lipinski definition) is 1. The summed E-state index contributed by atoms with van der Waals surface area (Å²) in [5.41, 5.74) is 1.03. The Kier molecular flexibility index (Phi) is 4.54. The van der Waals surface area contributed by atoms with E-state index in [9.17, 15) is 10.1 Å². The van der Waals surface area contributed by atoms with Crippen LogP contribution in [-0.2, 0) is 4.79 Å². The molecule has 0 aliphatic carbocycles. The number of hydrogen-bond acceptors (Lipinski definition) is 4. The van der Waals surface area contributed by atoms with E-state index in [-0.39, 0.29) is 18.1 Å². The number of para-hydroxylation sites is 2. The number of ether oxygens (including phenoxy) is 1. The van der Waals surface area contributed by atoms with Gasteiger partial charge in [-0.05, 0) is 24.3 Å². The normalized spacial score (nSPS) is 9.96. The smallest absolute Gasteiger partial charge is 0.263 e. The van der Waals surface area contributed by atoms with Gasteiger partial charge in [-0.15, -0.1) is 0 Å². The Labute approximate surface area is 138 Å². The molecule has 1 amide bonds. The summed E-state index contributed by atoms with van der Waals surface area (Å²) < 4.78 is 6.92. The lowest BCUT2D eigenvalue weighted by atomic mass is 10.3. The van der Waals surface area contributed by atoms with Gasteiger partial charge in [0, 0.05) is 0 Å². The fourth-order valence-electron chi connectivity index (χ4n) is 2.15. The van der Waals surface area contributed by atoms with E-state index in [0.717, 1.165) is 5.69 Å². The second kappa shape index (κ2) is 7.11. The van der Waals surface area contributed by atoms with Crippen molar-refractivity contribution in [2.75, 3.05) is 11.9 Å². The van der Waals surface area contributed by atoms with Crippen LogP contribution in [0.15, 0.2) is 66.9 Å². The highest BCUT2D eigenvalue weighted by Gasteiger charge is 2.15. The number of aromatic nitrogens is 2. The molecular formula is C18H14N4O2. The summed E-state index contributed by atoms with van der Waals surface area (Å²) in [4.78, 5) is 12.1. The monoisotopic (exact) mass is 318 g/mol. The van der Waals surface area contributed by atoms with Crippen LogP contribution in [0.25, 0.3) is 5.69 Å². The minimum atomic E-state index is -0.368. The van der Waals surface area contributed by atoms with Gasteiger partial charge in [-0.2, -0.15) is 10.4 Å². The van der Waals surface area contributed by atoms with Crippen LogP contribution >= 0.6 is 0 Å². The van der Waals surface area contributed by atoms with Gasteiger partial charge in [-0.3, -0.25) is 4.79 Å². The maximum atomic E-state index is 12.1. The summed E-state index contributed by atoms with van der Waals surface area (Å²) >= 11 is 0. The fraction of sp³-hybridized carbons (Fsp3) is 0.0556. The van der Waals surface area contributed by atoms with Gasteiger partial charge in [-0.25, -0.2) is 4.68 Å². The van der Waals surface area contributed by atoms with Crippen LogP contribution in [0.2, 0.25) is 0 Å². The first-order valence-electron chi connectivity index (χ1n) is 7.29. The first-order valence-corrected chi connectivity index (χ1v) is 7.29. The number of anilines is 1. The molecule has 1 heterocycles. The molecule has 6 nitrogen and oxygen atoms in total. The van der Waals surface area contributed by atoms with Gasteiger partial charge in [0.05, 0.1) is 11.9 Å². The number of carbonyl (C=O) groups is 1. The van der Waals surface area contributed by atoms with E-state index < -0.39 is 0 Å². The molecule has 0 aliphatic heterocycles. The Morgan fingerprint density at radius 2 is 1.79 bits per heavy atom. The maximum absolute atomic E-state index is 12.1. The summed E-state index contributed by atoms with van der Waals surface area (Å²) in [5, 5.41) is 16.1. The van der Waals surface area contributed by atoms with Crippen molar-refractivity contribution in [2.45, 2.75) is 0 Å². The Balaban J connectivity index is 1.76. The molecule has 0 bridgehead atoms. The first-order chi connectivity index (χ1) is 11.8. The van der Waals surface area contributed by atoms with E-state index in [0.29, 0.717) is 11.6 Å². The Bertz CT molecular complexity index is 867. The van der Waals surface area contributed by atoms with Crippen LogP contribution in [0, 0.1) is 11.3 Å². The first kappa shape index (κ1) is 15.3. The predicted octanol–water partition coefficient (Wildman–Crippen LogP) is 2.76. The van der Waals surface area contributed by atoms with E-state index in [1.54, 1.807) is 12.1 Å². The molecule has 1 N–H and O–H groups in total. The van der Waals surface area contributed by atoms with Crippen molar-refractivity contribution in [2.24, 2.45) is 0 Å². The van der Waals surface area contributed by atoms with E-state index in [4.69, 9.17) is 4.74 Å². The molecule has 0 saturated carbocycles. The standard InChI is InChI=1S/C18H14N4O2/c19-11-14-12-20-22(15-7-3-1-4-8-15)18(14)21-17(23)13-24-16-9-5-2-6-10-16/h1-10,12H,13H2,(H,21,23). The number of rotatable bonds is 5. The van der Waals surface area contributed by atoms with E-state index >= 15 is 0 Å². The average molecular weight is 318 g/mol. The third-order valence-corrected chi connectivity index (χ3v) is 3.26. The molecule has 0 fully saturated rings. The molecule has 3 rings (SSSR count). The minimum absolute atomic E-state index is 0.158. The van der Waals surface area contributed by atoms with Crippen molar-refractivity contribution in [3.63, 3.8) is 0 Å². The zero-order valence-corrected chi connectivity index (χ0v) is 12.7. The molecule has 1 aromatic heterocycles. The van der Waals surface area contributed by atoms with Crippen molar-refractivity contribution in [1.82, 2.24) is 9.78 Å². The largest absolute Gasteiger partial charge is 0.484 e. The molecule has 118 valence electrons. The van der Waals surface area contributed by atoms with E-state index in [2.05, 4.69) is 10.4 Å². The number of nitriles is 1. The average Bonchev–Trinajstić information content (AvgIpc) is 3.04. The topological polar surface area (TPSA) is 79.9 Å². The van der Waals surface area contributed by atoms with Crippen molar-refractivity contribution in [3.8, 4) is 17.5 Å². The molecule has 6 heteroatoms. The highest BCUT2D eigenvalue weighted by molar-refractivity contribution is 5.92. The zero-order valence-electron chi connectivity index (χ0n) is 12.7. The molecule has 0 atom stereocenters. The van der Waals surface area contributed by atoms with Crippen molar-refractivity contribution < 1.29 is 9.53 Å². The molecule has 0 unspecified atom stereocenters. The Morgan fingerprint density at radius 3 is 2.46 bits per heavy atom. The van der Waals surface area contributed by atoms with Gasteiger partial charge in [0.15, 0.2) is 12.4 Å². The van der Waals surface area contributed by atoms with Crippen molar-refractivity contribution in [1.29, 1.82) is 5.26 Å². The summed E-state index contributed by atoms with van der Waals surface area (Å²) in [6, 6.07) is 20.3. The fourth-order valence-corrected chi connectivity index (χ4v) is 2.15. The second-order valence-electron chi connectivity index (χ2n) is 4.92. The second-order valence-corrected chi connectivity index (χ2v) is 4.92. The molecule has 2 aromatic carbocycles. The SMILES string of the molecule is N#Cc1cnn(-c2ccccc2)c1NC(=O)COc1ccccc1. The van der Waals surface area contributed by atoms with Gasteiger partial charge < -0.3 is 10.1 Å². The van der Waals surface area contributed by atoms with Gasteiger partial charge in [0.25, 0.3) is 5.91 Å². The Hall–Kier alpha value is -3.59. The van der Waals surface area contributed by atoms with Crippen molar-refractivity contribution >= 4 is 11.7 Å². The van der Waals surface area contributed by atoms with Crippen LogP contribution in [0.1, 0.15) is 5.56 Å². The van der Waals surface area contributed by atoms with E-state index in [1.165, 1.54) is 10.9 Å². The summed E-state index contributed by atoms with van der Waals surface area (Å²) in [5.74, 6) is 0.558. The summed E-state index contributed by atoms with van der Waals surface area (Å²) in [6.07, 6.45) is 1.42. The van der Waals surface area contributed by atoms with Gasteiger partial charge in [-0.1, -0.05) is 36.4 Å². The quantitative estimate of drug-likeness (QED) is 0.784. The lowest BCUT2D eigenvalue weighted by Gasteiger charge is -2.10. The third-order valence-electron chi connectivity index (χ3n) is 3.26. The van der Waals surface area contributed by atoms with E-state index in [1.807, 2.05) is 54.6 Å². The van der Waals surface area contributed by atoms with Crippen LogP contribution < -0.4 is 10.1 Å². The number of nitrogens with one attached hydrogen (secondary N) is 1. The number of amides is 1. The van der Waals surface area contributed by atoms with Gasteiger partial charge >= 0.3 is 0 Å². The molecule has 0 aliphatic rings. The third kappa shape index (κ3) is 3.42. The molecule has 24 heavy (non-hydrogen) atoms. The summed E-state index contributed by atoms with van der Waals surface area (Å²) in [7, 11) is 0. The highest BCUT2D eigenvalue weighted by atomic mass is 16.5. The molecule has 3 aromatic rings. The Morgan fingerprint density at radius 1 is 1.12 bits per heavy atom. The lowest BCUT2D eigenvalue weighted by molar-refractivity contribution is -0.118. The highest BCUT2D eigenvalue weighted by Crippen LogP contribution is 2.19.